The van der Waals surface area contributed by atoms with Gasteiger partial charge in [-0.3, -0.25) is 10.5 Å². The lowest BCUT2D eigenvalue weighted by Gasteiger charge is -2.38. The quantitative estimate of drug-likeness (QED) is 0.864. The second kappa shape index (κ2) is 6.93. The lowest BCUT2D eigenvalue weighted by Crippen LogP contribution is -2.34. The van der Waals surface area contributed by atoms with Crippen LogP contribution in [0.15, 0.2) is 41.7 Å². The van der Waals surface area contributed by atoms with Gasteiger partial charge >= 0.3 is 5.88 Å². The molecule has 0 bridgehead atoms. The maximum absolute atomic E-state index is 13.2. The van der Waals surface area contributed by atoms with Crippen molar-refractivity contribution in [2.24, 2.45) is 5.41 Å². The summed E-state index contributed by atoms with van der Waals surface area (Å²) in [7, 11) is 0. The molecule has 0 spiro atoms. The summed E-state index contributed by atoms with van der Waals surface area (Å²) in [6.45, 7) is 6.32. The monoisotopic (exact) mass is 390 g/mol. The van der Waals surface area contributed by atoms with E-state index in [0.717, 1.165) is 5.56 Å². The second-order valence-corrected chi connectivity index (χ2v) is 8.25. The minimum absolute atomic E-state index is 0.0579. The number of nitriles is 1. The van der Waals surface area contributed by atoms with Crippen LogP contribution < -0.4 is 20.2 Å². The number of Topliss-reactive ketones (excluding diaryl/α,β-unsaturated/α-hetero) is 1. The number of nitrogen functional groups attached to an aromatic ring is 1. The number of hydrogen-bond donors (Lipinski definition) is 1. The number of aromatic nitrogens is 1. The summed E-state index contributed by atoms with van der Waals surface area (Å²) in [5.41, 5.74) is 8.62. The Balaban J connectivity index is 2.02. The maximum atomic E-state index is 13.2. The van der Waals surface area contributed by atoms with Crippen molar-refractivity contribution < 1.29 is 19.3 Å². The molecule has 0 radical (unpaired) electrons. The first kappa shape index (κ1) is 19.0. The summed E-state index contributed by atoms with van der Waals surface area (Å²) in [5, 5.41) is 9.85. The Kier molecular flexibility index (Phi) is 4.54. The van der Waals surface area contributed by atoms with Gasteiger partial charge < -0.3 is 9.47 Å². The third-order valence-corrected chi connectivity index (χ3v) is 5.45. The standard InChI is InChI=1S/C23H23N3O3/c1-4-28-22-14(12-24)20-19(21(25)26-22)17(13-8-6-5-7-9-13)18-15(27)10-23(2,3)11-16(18)29-20/h5-9,17H,4,10-11H2,1-3H3,(H2,25,26)/p+1/t17-/m1/s1. The van der Waals surface area contributed by atoms with Gasteiger partial charge in [-0.2, -0.15) is 5.26 Å². The number of nitrogens with one attached hydrogen (secondary N) is 1. The molecule has 6 nitrogen and oxygen atoms in total. The van der Waals surface area contributed by atoms with Crippen LogP contribution >= 0.6 is 0 Å². The van der Waals surface area contributed by atoms with Crippen LogP contribution in [0.2, 0.25) is 0 Å². The van der Waals surface area contributed by atoms with Gasteiger partial charge in [-0.25, -0.2) is 4.98 Å². The number of fused-ring (bicyclic) bond motifs is 1. The van der Waals surface area contributed by atoms with E-state index in [0.29, 0.717) is 47.9 Å². The number of hydrogen-bond acceptors (Lipinski definition) is 5. The zero-order valence-electron chi connectivity index (χ0n) is 16.8. The Bertz CT molecular complexity index is 1070. The topological polar surface area (TPSA) is 99.5 Å². The van der Waals surface area contributed by atoms with Crippen LogP contribution in [0.3, 0.4) is 0 Å². The van der Waals surface area contributed by atoms with Crippen LogP contribution in [0, 0.1) is 16.7 Å². The number of carbonyl (C=O) groups is 1. The normalized spacial score (nSPS) is 19.7. The number of nitrogens with zero attached hydrogens (tertiary/aromatic N) is 1. The van der Waals surface area contributed by atoms with E-state index < -0.39 is 5.92 Å². The number of ketones is 1. The second-order valence-electron chi connectivity index (χ2n) is 8.25. The van der Waals surface area contributed by atoms with Crippen molar-refractivity contribution in [1.29, 1.82) is 5.26 Å². The van der Waals surface area contributed by atoms with Crippen molar-refractivity contribution in [3.63, 3.8) is 0 Å². The first-order valence-corrected chi connectivity index (χ1v) is 9.77. The van der Waals surface area contributed by atoms with Gasteiger partial charge in [0.1, 0.15) is 11.8 Å². The van der Waals surface area contributed by atoms with Crippen LogP contribution in [0.4, 0.5) is 5.82 Å². The highest BCUT2D eigenvalue weighted by Crippen LogP contribution is 2.52. The van der Waals surface area contributed by atoms with Gasteiger partial charge in [0, 0.05) is 18.4 Å². The van der Waals surface area contributed by atoms with Crippen LogP contribution in [0.1, 0.15) is 56.2 Å². The van der Waals surface area contributed by atoms with Crippen molar-refractivity contribution >= 4 is 11.6 Å². The maximum Gasteiger partial charge on any atom is 0.304 e. The van der Waals surface area contributed by atoms with E-state index in [2.05, 4.69) is 24.9 Å². The molecule has 6 heteroatoms. The Hall–Kier alpha value is -3.33. The third kappa shape index (κ3) is 3.13. The van der Waals surface area contributed by atoms with E-state index in [-0.39, 0.29) is 22.6 Å². The lowest BCUT2D eigenvalue weighted by molar-refractivity contribution is -0.378. The minimum atomic E-state index is -0.391. The zero-order chi connectivity index (χ0) is 20.8. The molecule has 0 fully saturated rings. The average Bonchev–Trinajstić information content (AvgIpc) is 2.66. The molecule has 1 atom stereocenters. The SMILES string of the molecule is CCOc1[nH+]c(N)c2c(c1C#N)OC1=C(C(=O)CC(C)(C)C1)[C@H]2c1ccccc1. The molecule has 1 aromatic heterocycles. The van der Waals surface area contributed by atoms with Gasteiger partial charge in [0.2, 0.25) is 0 Å². The first-order chi connectivity index (χ1) is 13.9. The van der Waals surface area contributed by atoms with Crippen molar-refractivity contribution in [2.75, 3.05) is 12.3 Å². The number of nitrogens with two attached hydrogens (primary N) is 1. The molecule has 29 heavy (non-hydrogen) atoms. The Morgan fingerprint density at radius 3 is 2.69 bits per heavy atom. The molecule has 1 aliphatic carbocycles. The van der Waals surface area contributed by atoms with E-state index in [9.17, 15) is 10.1 Å². The van der Waals surface area contributed by atoms with Gasteiger partial charge in [0.25, 0.3) is 5.82 Å². The summed E-state index contributed by atoms with van der Waals surface area (Å²) in [5.74, 6) is 1.28. The molecule has 2 heterocycles. The highest BCUT2D eigenvalue weighted by molar-refractivity contribution is 6.00. The van der Waals surface area contributed by atoms with E-state index in [4.69, 9.17) is 15.2 Å². The van der Waals surface area contributed by atoms with Crippen LogP contribution in [0.5, 0.6) is 11.6 Å². The Labute approximate surface area is 170 Å². The van der Waals surface area contributed by atoms with Gasteiger partial charge in [-0.15, -0.1) is 0 Å². The fourth-order valence-electron chi connectivity index (χ4n) is 4.30. The number of anilines is 1. The Morgan fingerprint density at radius 1 is 1.31 bits per heavy atom. The molecule has 4 rings (SSSR count). The first-order valence-electron chi connectivity index (χ1n) is 9.77. The number of benzene rings is 1. The summed E-state index contributed by atoms with van der Waals surface area (Å²) >= 11 is 0. The third-order valence-electron chi connectivity index (χ3n) is 5.45. The largest absolute Gasteiger partial charge is 0.462 e. The molecular formula is C23H24N3O3+. The predicted octanol–water partition coefficient (Wildman–Crippen LogP) is 3.52. The van der Waals surface area contributed by atoms with E-state index >= 15 is 0 Å². The number of allylic oxidation sites excluding steroid dienone is 2. The summed E-state index contributed by atoms with van der Waals surface area (Å²) in [6.07, 6.45) is 1.06. The molecule has 0 unspecified atom stereocenters. The molecule has 0 saturated heterocycles. The average molecular weight is 390 g/mol. The zero-order valence-corrected chi connectivity index (χ0v) is 16.8. The molecule has 1 aliphatic heterocycles. The van der Waals surface area contributed by atoms with Gasteiger partial charge in [0.15, 0.2) is 17.1 Å². The summed E-state index contributed by atoms with van der Waals surface area (Å²) < 4.78 is 11.8. The number of rotatable bonds is 3. The van der Waals surface area contributed by atoms with Crippen LogP contribution in [-0.4, -0.2) is 12.4 Å². The van der Waals surface area contributed by atoms with Crippen molar-refractivity contribution in [3.8, 4) is 17.7 Å². The van der Waals surface area contributed by atoms with Crippen molar-refractivity contribution in [3.05, 3.63) is 58.4 Å². The Morgan fingerprint density at radius 2 is 2.03 bits per heavy atom. The fourth-order valence-corrected chi connectivity index (χ4v) is 4.30. The van der Waals surface area contributed by atoms with Gasteiger partial charge in [-0.1, -0.05) is 44.2 Å². The highest BCUT2D eigenvalue weighted by atomic mass is 16.5. The summed E-state index contributed by atoms with van der Waals surface area (Å²) in [4.78, 5) is 16.2. The number of pyridine rings is 1. The van der Waals surface area contributed by atoms with Crippen molar-refractivity contribution in [2.45, 2.75) is 39.5 Å². The fraction of sp³-hybridized carbons (Fsp3) is 0.348. The number of carbonyl (C=O) groups excluding carboxylic acids is 1. The molecule has 3 N–H and O–H groups in total. The van der Waals surface area contributed by atoms with Crippen molar-refractivity contribution in [1.82, 2.24) is 0 Å². The molecule has 0 saturated carbocycles. The minimum Gasteiger partial charge on any atom is -0.462 e. The molecular weight excluding hydrogens is 366 g/mol. The van der Waals surface area contributed by atoms with E-state index in [1.807, 2.05) is 37.3 Å². The van der Waals surface area contributed by atoms with Crippen LogP contribution in [-0.2, 0) is 4.79 Å². The van der Waals surface area contributed by atoms with Gasteiger partial charge in [0.05, 0.1) is 18.1 Å². The smallest absolute Gasteiger partial charge is 0.304 e. The molecule has 148 valence electrons. The van der Waals surface area contributed by atoms with E-state index in [1.54, 1.807) is 0 Å². The van der Waals surface area contributed by atoms with Crippen LogP contribution in [0.25, 0.3) is 0 Å². The molecule has 2 aromatic rings. The number of ether oxygens (including phenoxy) is 2. The lowest BCUT2D eigenvalue weighted by atomic mass is 9.70. The predicted molar refractivity (Wildman–Crippen MR) is 107 cm³/mol. The molecule has 0 amide bonds. The summed E-state index contributed by atoms with van der Waals surface area (Å²) in [6, 6.07) is 11.9. The number of aromatic amines is 1. The van der Waals surface area contributed by atoms with Gasteiger partial charge in [-0.05, 0) is 17.9 Å². The molecule has 2 aliphatic rings. The highest BCUT2D eigenvalue weighted by Gasteiger charge is 2.45. The molecule has 1 aromatic carbocycles. The van der Waals surface area contributed by atoms with E-state index in [1.165, 1.54) is 0 Å². The number of H-pyrrole nitrogens is 1.